The number of aryl methyl sites for hydroxylation is 1. The molecule has 0 fully saturated rings. The molecule has 0 bridgehead atoms. The maximum atomic E-state index is 14.0. The molecule has 208 valence electrons. The lowest BCUT2D eigenvalue weighted by atomic mass is 10.1. The Hall–Kier alpha value is -2.88. The molecule has 0 aliphatic carbocycles. The summed E-state index contributed by atoms with van der Waals surface area (Å²) in [6.45, 7) is 8.55. The van der Waals surface area contributed by atoms with Crippen LogP contribution in [0.2, 0.25) is 5.02 Å². The van der Waals surface area contributed by atoms with Crippen LogP contribution >= 0.6 is 27.5 Å². The average molecular weight is 635 g/mol. The number of hydrogen-bond acceptors (Lipinski definition) is 4. The molecular weight excluding hydrogens is 602 g/mol. The molecule has 3 aromatic rings. The molecule has 0 saturated carbocycles. The van der Waals surface area contributed by atoms with Crippen molar-refractivity contribution >= 4 is 55.1 Å². The zero-order valence-corrected chi connectivity index (χ0v) is 25.8. The summed E-state index contributed by atoms with van der Waals surface area (Å²) < 4.78 is 29.7. The van der Waals surface area contributed by atoms with Crippen molar-refractivity contribution in [1.29, 1.82) is 0 Å². The molecular formula is C29H33BrClN3O4S. The van der Waals surface area contributed by atoms with Gasteiger partial charge in [-0.2, -0.15) is 0 Å². The summed E-state index contributed by atoms with van der Waals surface area (Å²) in [7, 11) is -4.14. The number of nitrogens with zero attached hydrogens (tertiary/aromatic N) is 2. The number of hydrogen-bond donors (Lipinski definition) is 1. The Bertz CT molecular complexity index is 1430. The number of anilines is 1. The van der Waals surface area contributed by atoms with E-state index in [0.717, 1.165) is 14.3 Å². The molecule has 1 atom stereocenters. The second kappa shape index (κ2) is 12.5. The first-order valence-electron chi connectivity index (χ1n) is 12.4. The molecule has 3 rings (SSSR count). The number of amides is 2. The molecule has 0 aromatic heterocycles. The molecule has 3 aromatic carbocycles. The number of sulfonamides is 1. The largest absolute Gasteiger partial charge is 0.350 e. The normalized spacial score (nSPS) is 12.5. The zero-order valence-electron chi connectivity index (χ0n) is 22.6. The molecule has 1 unspecified atom stereocenters. The summed E-state index contributed by atoms with van der Waals surface area (Å²) in [6.07, 6.45) is 0. The van der Waals surface area contributed by atoms with Crippen molar-refractivity contribution in [3.05, 3.63) is 93.4 Å². The molecule has 0 aliphatic heterocycles. The van der Waals surface area contributed by atoms with Gasteiger partial charge in [0.25, 0.3) is 10.0 Å². The van der Waals surface area contributed by atoms with Crippen LogP contribution in [0.4, 0.5) is 5.69 Å². The quantitative estimate of drug-likeness (QED) is 0.316. The van der Waals surface area contributed by atoms with Gasteiger partial charge in [-0.15, -0.1) is 0 Å². The number of benzene rings is 3. The van der Waals surface area contributed by atoms with E-state index < -0.39 is 34.1 Å². The Balaban J connectivity index is 2.05. The second-order valence-corrected chi connectivity index (χ2v) is 13.5. The molecule has 0 spiro atoms. The lowest BCUT2D eigenvalue weighted by Crippen LogP contribution is -2.54. The van der Waals surface area contributed by atoms with E-state index in [9.17, 15) is 18.0 Å². The fourth-order valence-corrected chi connectivity index (χ4v) is 5.97. The smallest absolute Gasteiger partial charge is 0.264 e. The molecule has 1 N–H and O–H groups in total. The highest BCUT2D eigenvalue weighted by molar-refractivity contribution is 9.10. The van der Waals surface area contributed by atoms with Crippen molar-refractivity contribution in [1.82, 2.24) is 10.2 Å². The first-order chi connectivity index (χ1) is 18.2. The average Bonchev–Trinajstić information content (AvgIpc) is 2.86. The minimum absolute atomic E-state index is 0.0464. The molecule has 0 saturated heterocycles. The van der Waals surface area contributed by atoms with Gasteiger partial charge in [0, 0.05) is 21.6 Å². The van der Waals surface area contributed by atoms with Crippen LogP contribution in [-0.4, -0.2) is 43.3 Å². The molecule has 10 heteroatoms. The van der Waals surface area contributed by atoms with E-state index in [1.807, 2.05) is 45.0 Å². The van der Waals surface area contributed by atoms with Crippen molar-refractivity contribution in [2.75, 3.05) is 10.8 Å². The third kappa shape index (κ3) is 8.06. The summed E-state index contributed by atoms with van der Waals surface area (Å²) >= 11 is 9.56. The van der Waals surface area contributed by atoms with Crippen LogP contribution < -0.4 is 9.62 Å². The van der Waals surface area contributed by atoms with Gasteiger partial charge in [0.05, 0.1) is 10.6 Å². The third-order valence-corrected chi connectivity index (χ3v) is 8.51. The van der Waals surface area contributed by atoms with Crippen molar-refractivity contribution in [3.8, 4) is 0 Å². The van der Waals surface area contributed by atoms with Gasteiger partial charge in [0.2, 0.25) is 11.8 Å². The van der Waals surface area contributed by atoms with E-state index in [-0.39, 0.29) is 17.3 Å². The summed E-state index contributed by atoms with van der Waals surface area (Å²) in [5, 5.41) is 3.37. The van der Waals surface area contributed by atoms with Crippen molar-refractivity contribution < 1.29 is 18.0 Å². The summed E-state index contributed by atoms with van der Waals surface area (Å²) in [4.78, 5) is 28.6. The Morgan fingerprint density at radius 2 is 1.62 bits per heavy atom. The van der Waals surface area contributed by atoms with Crippen molar-refractivity contribution in [2.24, 2.45) is 0 Å². The molecule has 2 amide bonds. The van der Waals surface area contributed by atoms with Gasteiger partial charge in [-0.1, -0.05) is 57.9 Å². The Morgan fingerprint density at radius 3 is 2.18 bits per heavy atom. The SMILES string of the molecule is Cc1cc(Cl)ccc1N(CC(=O)N(Cc1ccc(Br)cc1)C(C)C(=O)NC(C)(C)C)S(=O)(=O)c1ccccc1. The number of carbonyl (C=O) groups is 2. The summed E-state index contributed by atoms with van der Waals surface area (Å²) in [5.41, 5.74) is 1.20. The predicted molar refractivity (Wildman–Crippen MR) is 159 cm³/mol. The highest BCUT2D eigenvalue weighted by Gasteiger charge is 2.33. The van der Waals surface area contributed by atoms with Crippen LogP contribution in [0.15, 0.2) is 82.2 Å². The first kappa shape index (κ1) is 30.7. The van der Waals surface area contributed by atoms with E-state index in [1.165, 1.54) is 17.0 Å². The lowest BCUT2D eigenvalue weighted by Gasteiger charge is -2.34. The predicted octanol–water partition coefficient (Wildman–Crippen LogP) is 5.94. The lowest BCUT2D eigenvalue weighted by molar-refractivity contribution is -0.140. The topological polar surface area (TPSA) is 86.8 Å². The maximum Gasteiger partial charge on any atom is 0.264 e. The zero-order chi connectivity index (χ0) is 29.0. The number of rotatable bonds is 9. The fraction of sp³-hybridized carbons (Fsp3) is 0.310. The van der Waals surface area contributed by atoms with Crippen LogP contribution in [-0.2, 0) is 26.2 Å². The van der Waals surface area contributed by atoms with E-state index in [1.54, 1.807) is 50.2 Å². The van der Waals surface area contributed by atoms with Gasteiger partial charge < -0.3 is 10.2 Å². The Morgan fingerprint density at radius 1 is 1.00 bits per heavy atom. The van der Waals surface area contributed by atoms with Crippen LogP contribution in [0.1, 0.15) is 38.8 Å². The molecule has 39 heavy (non-hydrogen) atoms. The molecule has 7 nitrogen and oxygen atoms in total. The van der Waals surface area contributed by atoms with Crippen LogP contribution in [0.25, 0.3) is 0 Å². The summed E-state index contributed by atoms with van der Waals surface area (Å²) in [6, 6.07) is 19.3. The fourth-order valence-electron chi connectivity index (χ4n) is 3.97. The van der Waals surface area contributed by atoms with Gasteiger partial charge in [-0.25, -0.2) is 8.42 Å². The molecule has 0 heterocycles. The Labute approximate surface area is 244 Å². The second-order valence-electron chi connectivity index (χ2n) is 10.3. The number of nitrogens with one attached hydrogen (secondary N) is 1. The van der Waals surface area contributed by atoms with E-state index in [4.69, 9.17) is 11.6 Å². The van der Waals surface area contributed by atoms with E-state index in [0.29, 0.717) is 16.3 Å². The van der Waals surface area contributed by atoms with Gasteiger partial charge in [-0.05, 0) is 88.2 Å². The monoisotopic (exact) mass is 633 g/mol. The molecule has 0 radical (unpaired) electrons. The minimum Gasteiger partial charge on any atom is -0.350 e. The number of carbonyl (C=O) groups excluding carboxylic acids is 2. The van der Waals surface area contributed by atoms with E-state index >= 15 is 0 Å². The van der Waals surface area contributed by atoms with Crippen molar-refractivity contribution in [3.63, 3.8) is 0 Å². The number of halogens is 2. The van der Waals surface area contributed by atoms with Crippen LogP contribution in [0.3, 0.4) is 0 Å². The van der Waals surface area contributed by atoms with Crippen molar-refractivity contribution in [2.45, 2.75) is 57.6 Å². The third-order valence-electron chi connectivity index (χ3n) is 5.97. The van der Waals surface area contributed by atoms with Gasteiger partial charge in [-0.3, -0.25) is 13.9 Å². The van der Waals surface area contributed by atoms with Gasteiger partial charge >= 0.3 is 0 Å². The van der Waals surface area contributed by atoms with Gasteiger partial charge in [0.15, 0.2) is 0 Å². The highest BCUT2D eigenvalue weighted by Crippen LogP contribution is 2.29. The molecule has 0 aliphatic rings. The van der Waals surface area contributed by atoms with Crippen LogP contribution in [0, 0.1) is 6.92 Å². The van der Waals surface area contributed by atoms with Gasteiger partial charge in [0.1, 0.15) is 12.6 Å². The summed E-state index contributed by atoms with van der Waals surface area (Å²) in [5.74, 6) is -0.864. The Kier molecular flexibility index (Phi) is 9.85. The van der Waals surface area contributed by atoms with Crippen LogP contribution in [0.5, 0.6) is 0 Å². The highest BCUT2D eigenvalue weighted by atomic mass is 79.9. The first-order valence-corrected chi connectivity index (χ1v) is 15.0. The minimum atomic E-state index is -4.14. The van der Waals surface area contributed by atoms with E-state index in [2.05, 4.69) is 21.2 Å². The standard InChI is InChI=1S/C29H33BrClN3O4S/c1-20-17-24(31)15-16-26(20)34(39(37,38)25-9-7-6-8-10-25)19-27(35)33(18-22-11-13-23(30)14-12-22)21(2)28(36)32-29(3,4)5/h6-17,21H,18-19H2,1-5H3,(H,32,36). The maximum absolute atomic E-state index is 14.0.